The van der Waals surface area contributed by atoms with Crippen molar-refractivity contribution < 1.29 is 26.4 Å². The van der Waals surface area contributed by atoms with Crippen molar-refractivity contribution in [1.82, 2.24) is 29.4 Å². The Morgan fingerprint density at radius 3 is 2.50 bits per heavy atom. The van der Waals surface area contributed by atoms with E-state index in [1.165, 1.54) is 6.07 Å². The van der Waals surface area contributed by atoms with Gasteiger partial charge in [-0.05, 0) is 37.8 Å². The molecule has 1 amide bonds. The first-order valence-corrected chi connectivity index (χ1v) is 15.1. The van der Waals surface area contributed by atoms with E-state index < -0.39 is 27.3 Å². The van der Waals surface area contributed by atoms with Gasteiger partial charge >= 0.3 is 5.76 Å². The van der Waals surface area contributed by atoms with Crippen molar-refractivity contribution in [3.63, 3.8) is 0 Å². The molecular weight excluding hydrogens is 573 g/mol. The Kier molecular flexibility index (Phi) is 7.07. The standard InChI is InChI=1S/C27H29F3N8O3S/c1-36-24-19(17-12-33-38(14-17)18-7-9-37(10-8-18)26(39)15-3-2-4-15)13-32-25(31)22(24)23(34-36)16-5-6-21(20(28)11-16)35-42(40,41)27(29)30/h5-6,11-15,18,27,35H,2-4,7-10H2,1H3,(H2,31,32). The summed E-state index contributed by atoms with van der Waals surface area (Å²) in [5.41, 5.74) is 8.28. The maximum Gasteiger partial charge on any atom is 0.355 e. The molecule has 3 N–H and O–H groups in total. The number of amides is 1. The number of pyridine rings is 1. The fourth-order valence-corrected chi connectivity index (χ4v) is 6.19. The van der Waals surface area contributed by atoms with Crippen molar-refractivity contribution >= 4 is 38.3 Å². The molecule has 2 fully saturated rings. The minimum atomic E-state index is -5.04. The summed E-state index contributed by atoms with van der Waals surface area (Å²) < 4.78 is 68.3. The van der Waals surface area contributed by atoms with Crippen molar-refractivity contribution in [1.29, 1.82) is 0 Å². The van der Waals surface area contributed by atoms with Crippen LogP contribution in [0.1, 0.15) is 38.1 Å². The molecule has 4 aromatic rings. The summed E-state index contributed by atoms with van der Waals surface area (Å²) in [7, 11) is -3.33. The summed E-state index contributed by atoms with van der Waals surface area (Å²) in [4.78, 5) is 18.9. The van der Waals surface area contributed by atoms with E-state index in [1.807, 2.05) is 15.8 Å². The highest BCUT2D eigenvalue weighted by atomic mass is 32.2. The molecule has 4 heterocycles. The highest BCUT2D eigenvalue weighted by Crippen LogP contribution is 2.38. The first kappa shape index (κ1) is 28.0. The molecule has 11 nitrogen and oxygen atoms in total. The van der Waals surface area contributed by atoms with Gasteiger partial charge in [0.15, 0.2) is 0 Å². The minimum absolute atomic E-state index is 0.146. The van der Waals surface area contributed by atoms with Gasteiger partial charge in [-0.2, -0.15) is 19.0 Å². The molecule has 1 aliphatic carbocycles. The maximum atomic E-state index is 14.8. The van der Waals surface area contributed by atoms with Gasteiger partial charge in [0.25, 0.3) is 10.0 Å². The van der Waals surface area contributed by atoms with Gasteiger partial charge in [0.05, 0.1) is 28.8 Å². The molecule has 0 bridgehead atoms. The van der Waals surface area contributed by atoms with Gasteiger partial charge < -0.3 is 10.6 Å². The number of nitrogens with one attached hydrogen (secondary N) is 1. The molecule has 6 rings (SSSR count). The lowest BCUT2D eigenvalue weighted by molar-refractivity contribution is -0.139. The predicted octanol–water partition coefficient (Wildman–Crippen LogP) is 4.15. The Morgan fingerprint density at radius 1 is 1.12 bits per heavy atom. The number of carbonyl (C=O) groups excluding carboxylic acids is 1. The molecule has 1 aromatic carbocycles. The minimum Gasteiger partial charge on any atom is -0.383 e. The Balaban J connectivity index is 1.27. The smallest absolute Gasteiger partial charge is 0.355 e. The molecule has 3 aromatic heterocycles. The number of anilines is 2. The SMILES string of the molecule is Cn1nc(-c2ccc(NS(=O)(=O)C(F)F)c(F)c2)c2c(N)ncc(-c3cnn(C4CCN(C(=O)C5CCC5)CC4)c3)c21. The number of nitrogens with two attached hydrogens (primary N) is 1. The number of alkyl halides is 2. The van der Waals surface area contributed by atoms with Gasteiger partial charge in [0, 0.05) is 55.1 Å². The van der Waals surface area contributed by atoms with Crippen LogP contribution in [-0.4, -0.2) is 62.6 Å². The van der Waals surface area contributed by atoms with Gasteiger partial charge in [-0.25, -0.2) is 17.8 Å². The lowest BCUT2D eigenvalue weighted by atomic mass is 9.84. The molecule has 222 valence electrons. The van der Waals surface area contributed by atoms with E-state index in [0.717, 1.165) is 49.8 Å². The van der Waals surface area contributed by atoms with Gasteiger partial charge in [0.2, 0.25) is 5.91 Å². The van der Waals surface area contributed by atoms with Crippen LogP contribution in [0, 0.1) is 11.7 Å². The summed E-state index contributed by atoms with van der Waals surface area (Å²) >= 11 is 0. The maximum absolute atomic E-state index is 14.8. The van der Waals surface area contributed by atoms with Crippen molar-refractivity contribution in [2.75, 3.05) is 23.5 Å². The lowest BCUT2D eigenvalue weighted by Gasteiger charge is -2.36. The predicted molar refractivity (Wildman–Crippen MR) is 150 cm³/mol. The van der Waals surface area contributed by atoms with Crippen LogP contribution in [-0.2, 0) is 21.9 Å². The highest BCUT2D eigenvalue weighted by molar-refractivity contribution is 7.93. The second kappa shape index (κ2) is 10.6. The van der Waals surface area contributed by atoms with Crippen LogP contribution in [0.2, 0.25) is 0 Å². The summed E-state index contributed by atoms with van der Waals surface area (Å²) in [6.07, 6.45) is 10.00. The average Bonchev–Trinajstić information content (AvgIpc) is 3.55. The first-order valence-electron chi connectivity index (χ1n) is 13.6. The second-order valence-corrected chi connectivity index (χ2v) is 12.4. The lowest BCUT2D eigenvalue weighted by Crippen LogP contribution is -2.43. The number of fused-ring (bicyclic) bond motifs is 1. The van der Waals surface area contributed by atoms with E-state index in [-0.39, 0.29) is 34.9 Å². The Morgan fingerprint density at radius 2 is 1.86 bits per heavy atom. The van der Waals surface area contributed by atoms with Crippen LogP contribution < -0.4 is 10.5 Å². The first-order chi connectivity index (χ1) is 20.0. The second-order valence-electron chi connectivity index (χ2n) is 10.7. The molecule has 0 atom stereocenters. The molecular formula is C27H29F3N8O3S. The quantitative estimate of drug-likeness (QED) is 0.324. The number of piperidine rings is 1. The van der Waals surface area contributed by atoms with Crippen LogP contribution in [0.25, 0.3) is 33.3 Å². The van der Waals surface area contributed by atoms with Crippen molar-refractivity contribution in [2.45, 2.75) is 43.9 Å². The Labute approximate surface area is 239 Å². The third kappa shape index (κ3) is 4.95. The summed E-state index contributed by atoms with van der Waals surface area (Å²) in [5.74, 6) is -4.16. The van der Waals surface area contributed by atoms with Crippen molar-refractivity contribution in [3.8, 4) is 22.4 Å². The number of rotatable bonds is 7. The van der Waals surface area contributed by atoms with E-state index in [9.17, 15) is 26.4 Å². The average molecular weight is 603 g/mol. The van der Waals surface area contributed by atoms with Crippen molar-refractivity contribution in [2.24, 2.45) is 13.0 Å². The number of nitrogens with zero attached hydrogens (tertiary/aromatic N) is 6. The van der Waals surface area contributed by atoms with Crippen LogP contribution in [0.5, 0.6) is 0 Å². The zero-order valence-electron chi connectivity index (χ0n) is 22.7. The van der Waals surface area contributed by atoms with E-state index in [1.54, 1.807) is 28.8 Å². The number of likely N-dealkylation sites (tertiary alicyclic amines) is 1. The van der Waals surface area contributed by atoms with Crippen LogP contribution in [0.4, 0.5) is 24.7 Å². The molecule has 0 spiro atoms. The number of sulfonamides is 1. The Hall–Kier alpha value is -4.14. The third-order valence-corrected chi connectivity index (χ3v) is 9.11. The van der Waals surface area contributed by atoms with Crippen LogP contribution >= 0.6 is 0 Å². The fourth-order valence-electron chi connectivity index (χ4n) is 5.63. The molecule has 0 unspecified atom stereocenters. The topological polar surface area (TPSA) is 141 Å². The van der Waals surface area contributed by atoms with Gasteiger partial charge in [-0.3, -0.25) is 18.9 Å². The molecule has 1 saturated heterocycles. The van der Waals surface area contributed by atoms with E-state index >= 15 is 0 Å². The van der Waals surface area contributed by atoms with Crippen LogP contribution in [0.3, 0.4) is 0 Å². The summed E-state index contributed by atoms with van der Waals surface area (Å²) in [5, 5.41) is 9.59. The van der Waals surface area contributed by atoms with E-state index in [4.69, 9.17) is 5.73 Å². The third-order valence-electron chi connectivity index (χ3n) is 8.14. The molecule has 2 aliphatic rings. The molecule has 15 heteroatoms. The molecule has 42 heavy (non-hydrogen) atoms. The number of hydrogen-bond acceptors (Lipinski definition) is 7. The number of aromatic nitrogens is 5. The van der Waals surface area contributed by atoms with Gasteiger partial charge in [-0.15, -0.1) is 0 Å². The number of aryl methyl sites for hydroxylation is 1. The van der Waals surface area contributed by atoms with E-state index in [2.05, 4.69) is 15.2 Å². The monoisotopic (exact) mass is 602 g/mol. The number of nitrogen functional groups attached to an aromatic ring is 1. The number of halogens is 3. The molecule has 1 saturated carbocycles. The van der Waals surface area contributed by atoms with Crippen molar-refractivity contribution in [3.05, 3.63) is 42.6 Å². The number of benzene rings is 1. The van der Waals surface area contributed by atoms with Gasteiger partial charge in [-0.1, -0.05) is 12.5 Å². The van der Waals surface area contributed by atoms with E-state index in [0.29, 0.717) is 29.6 Å². The van der Waals surface area contributed by atoms with Gasteiger partial charge in [0.1, 0.15) is 17.3 Å². The summed E-state index contributed by atoms with van der Waals surface area (Å²) in [6.45, 7) is 1.40. The normalized spacial score (nSPS) is 16.7. The number of hydrogen-bond donors (Lipinski definition) is 2. The zero-order chi connectivity index (χ0) is 29.8. The fraction of sp³-hybridized carbons (Fsp3) is 0.407. The largest absolute Gasteiger partial charge is 0.383 e. The number of carbonyl (C=O) groups is 1. The molecule has 0 radical (unpaired) electrons. The Bertz CT molecular complexity index is 1780. The van der Waals surface area contributed by atoms with Crippen LogP contribution in [0.15, 0.2) is 36.8 Å². The molecule has 1 aliphatic heterocycles. The highest BCUT2D eigenvalue weighted by Gasteiger charge is 2.32. The summed E-state index contributed by atoms with van der Waals surface area (Å²) in [6, 6.07) is 3.55. The zero-order valence-corrected chi connectivity index (χ0v) is 23.5.